The molecule has 3 N–H and O–H groups in total. The zero-order chi connectivity index (χ0) is 20.9. The lowest BCUT2D eigenvalue weighted by molar-refractivity contribution is -0.146. The first-order valence-electron chi connectivity index (χ1n) is 10.3. The number of aromatic amines is 1. The van der Waals surface area contributed by atoms with Crippen LogP contribution in [0.15, 0.2) is 18.2 Å². The van der Waals surface area contributed by atoms with Gasteiger partial charge in [0.25, 0.3) is 0 Å². The van der Waals surface area contributed by atoms with Gasteiger partial charge in [0.1, 0.15) is 12.1 Å². The van der Waals surface area contributed by atoms with Crippen LogP contribution in [0.1, 0.15) is 56.0 Å². The van der Waals surface area contributed by atoms with E-state index in [1.54, 1.807) is 4.90 Å². The average molecular weight is 397 g/mol. The number of carbonyl (C=O) groups excluding carboxylic acids is 2. The third-order valence-corrected chi connectivity index (χ3v) is 6.50. The number of nitrogens with one attached hydrogen (secondary N) is 2. The second-order valence-corrected chi connectivity index (χ2v) is 8.35. The Morgan fingerprint density at radius 3 is 2.83 bits per heavy atom. The Morgan fingerprint density at radius 2 is 2.14 bits per heavy atom. The van der Waals surface area contributed by atoms with Crippen LogP contribution in [-0.2, 0) is 20.8 Å². The molecular weight excluding hydrogens is 370 g/mol. The summed E-state index contributed by atoms with van der Waals surface area (Å²) in [6.07, 6.45) is 2.09. The fourth-order valence-corrected chi connectivity index (χ4v) is 4.71. The average Bonchev–Trinajstić information content (AvgIpc) is 3.24. The van der Waals surface area contributed by atoms with Crippen LogP contribution in [0, 0.1) is 12.8 Å². The highest BCUT2D eigenvalue weighted by molar-refractivity contribution is 5.94. The molecule has 1 aromatic carbocycles. The largest absolute Gasteiger partial charge is 0.480 e. The first-order chi connectivity index (χ1) is 13.8. The van der Waals surface area contributed by atoms with Gasteiger partial charge in [0, 0.05) is 29.4 Å². The molecule has 1 aromatic heterocycles. The quantitative estimate of drug-likeness (QED) is 0.722. The van der Waals surface area contributed by atoms with E-state index in [4.69, 9.17) is 0 Å². The van der Waals surface area contributed by atoms with E-state index in [2.05, 4.69) is 22.4 Å². The number of H-pyrrole nitrogens is 1. The smallest absolute Gasteiger partial charge is 0.326 e. The van der Waals surface area contributed by atoms with Gasteiger partial charge < -0.3 is 20.3 Å². The van der Waals surface area contributed by atoms with Gasteiger partial charge in [-0.3, -0.25) is 9.59 Å². The molecule has 29 heavy (non-hydrogen) atoms. The lowest BCUT2D eigenvalue weighted by Gasteiger charge is -2.37. The molecule has 7 nitrogen and oxygen atoms in total. The Bertz CT molecular complexity index is 995. The molecule has 0 unspecified atom stereocenters. The minimum absolute atomic E-state index is 0.0500. The van der Waals surface area contributed by atoms with E-state index in [9.17, 15) is 19.5 Å². The maximum atomic E-state index is 13.2. The number of hydrogen-bond donors (Lipinski definition) is 3. The molecule has 2 aromatic rings. The van der Waals surface area contributed by atoms with Gasteiger partial charge in [0.2, 0.25) is 11.8 Å². The highest BCUT2D eigenvalue weighted by atomic mass is 16.4. The molecule has 2 aliphatic heterocycles. The molecule has 2 aliphatic rings. The van der Waals surface area contributed by atoms with Gasteiger partial charge in [-0.25, -0.2) is 4.79 Å². The Morgan fingerprint density at radius 1 is 1.38 bits per heavy atom. The molecule has 1 saturated heterocycles. The molecule has 0 saturated carbocycles. The minimum Gasteiger partial charge on any atom is -0.480 e. The first kappa shape index (κ1) is 19.5. The van der Waals surface area contributed by atoms with Gasteiger partial charge in [-0.2, -0.15) is 0 Å². The van der Waals surface area contributed by atoms with Crippen molar-refractivity contribution in [3.8, 4) is 0 Å². The van der Waals surface area contributed by atoms with Crippen molar-refractivity contribution in [2.24, 2.45) is 5.92 Å². The molecule has 0 bridgehead atoms. The van der Waals surface area contributed by atoms with Crippen molar-refractivity contribution in [2.75, 3.05) is 0 Å². The number of aliphatic carboxylic acids is 1. The molecule has 0 aliphatic carbocycles. The predicted octanol–water partition coefficient (Wildman–Crippen LogP) is 2.68. The Hall–Kier alpha value is -2.83. The summed E-state index contributed by atoms with van der Waals surface area (Å²) in [7, 11) is 0. The second-order valence-electron chi connectivity index (χ2n) is 8.35. The number of carboxylic acid groups (broad SMARTS) is 1. The number of hydrogen-bond acceptors (Lipinski definition) is 3. The summed E-state index contributed by atoms with van der Waals surface area (Å²) in [6, 6.07) is 4.36. The number of carboxylic acids is 1. The Balaban J connectivity index is 1.71. The van der Waals surface area contributed by atoms with Crippen LogP contribution in [0.25, 0.3) is 10.9 Å². The first-order valence-corrected chi connectivity index (χ1v) is 10.3. The van der Waals surface area contributed by atoms with E-state index in [0.717, 1.165) is 27.7 Å². The molecule has 2 amide bonds. The van der Waals surface area contributed by atoms with Crippen LogP contribution >= 0.6 is 0 Å². The van der Waals surface area contributed by atoms with E-state index in [0.29, 0.717) is 25.7 Å². The molecule has 4 atom stereocenters. The molecule has 3 heterocycles. The number of nitrogens with zero attached hydrogens (tertiary/aromatic N) is 1. The number of fused-ring (bicyclic) bond motifs is 5. The lowest BCUT2D eigenvalue weighted by Crippen LogP contribution is -2.56. The summed E-state index contributed by atoms with van der Waals surface area (Å²) < 4.78 is 0. The summed E-state index contributed by atoms with van der Waals surface area (Å²) in [5, 5.41) is 13.3. The minimum atomic E-state index is -1.05. The van der Waals surface area contributed by atoms with E-state index in [1.165, 1.54) is 0 Å². The molecular formula is C22H27N3O4. The molecule has 154 valence electrons. The van der Waals surface area contributed by atoms with E-state index >= 15 is 0 Å². The summed E-state index contributed by atoms with van der Waals surface area (Å²) >= 11 is 0. The molecule has 0 spiro atoms. The fraction of sp³-hybridized carbons (Fsp3) is 0.500. The number of benzene rings is 1. The van der Waals surface area contributed by atoms with Crippen molar-refractivity contribution in [3.63, 3.8) is 0 Å². The van der Waals surface area contributed by atoms with E-state index in [1.807, 2.05) is 26.8 Å². The van der Waals surface area contributed by atoms with Crippen molar-refractivity contribution in [3.05, 3.63) is 35.0 Å². The maximum absolute atomic E-state index is 13.2. The van der Waals surface area contributed by atoms with Gasteiger partial charge in [0.15, 0.2) is 0 Å². The van der Waals surface area contributed by atoms with Crippen molar-refractivity contribution in [1.29, 1.82) is 0 Å². The van der Waals surface area contributed by atoms with E-state index in [-0.39, 0.29) is 23.8 Å². The third-order valence-electron chi connectivity index (χ3n) is 6.50. The summed E-state index contributed by atoms with van der Waals surface area (Å²) in [5.41, 5.74) is 4.23. The van der Waals surface area contributed by atoms with Crippen molar-refractivity contribution < 1.29 is 19.5 Å². The lowest BCUT2D eigenvalue weighted by atomic mass is 9.91. The maximum Gasteiger partial charge on any atom is 0.326 e. The summed E-state index contributed by atoms with van der Waals surface area (Å²) in [4.78, 5) is 42.6. The zero-order valence-electron chi connectivity index (χ0n) is 17.0. The predicted molar refractivity (Wildman–Crippen MR) is 108 cm³/mol. The zero-order valence-corrected chi connectivity index (χ0v) is 17.0. The van der Waals surface area contributed by atoms with Crippen LogP contribution in [0.3, 0.4) is 0 Å². The SMILES string of the molecule is CC[C@H](C)[C@H](NC(=O)[C@@H]1Cc2c([nH]c3cc(C)ccc23)[C@H]2CCC(=O)N21)C(=O)O. The van der Waals surface area contributed by atoms with Gasteiger partial charge in [-0.15, -0.1) is 0 Å². The molecule has 1 fully saturated rings. The summed E-state index contributed by atoms with van der Waals surface area (Å²) in [6.45, 7) is 5.74. The Kier molecular flexibility index (Phi) is 4.84. The van der Waals surface area contributed by atoms with Gasteiger partial charge in [0.05, 0.1) is 6.04 Å². The molecule has 4 rings (SSSR count). The Labute approximate surface area is 169 Å². The van der Waals surface area contributed by atoms with Crippen LogP contribution in [0.2, 0.25) is 0 Å². The van der Waals surface area contributed by atoms with Gasteiger partial charge in [-0.1, -0.05) is 32.4 Å². The molecule has 7 heteroatoms. The van der Waals surface area contributed by atoms with Gasteiger partial charge >= 0.3 is 5.97 Å². The monoisotopic (exact) mass is 397 g/mol. The number of aromatic nitrogens is 1. The van der Waals surface area contributed by atoms with E-state index < -0.39 is 18.1 Å². The van der Waals surface area contributed by atoms with Gasteiger partial charge in [-0.05, 0) is 36.5 Å². The van der Waals surface area contributed by atoms with Crippen molar-refractivity contribution in [2.45, 2.75) is 64.6 Å². The van der Waals surface area contributed by atoms with Crippen molar-refractivity contribution >= 4 is 28.7 Å². The molecule has 0 radical (unpaired) electrons. The standard InChI is InChI=1S/C22H27N3O4/c1-4-12(3)19(22(28)29)24-21(27)17-10-14-13-6-5-11(2)9-15(13)23-20(14)16-7-8-18(26)25(16)17/h5-6,9,12,16-17,19,23H,4,7-8,10H2,1-3H3,(H,24,27)(H,28,29)/t12-,16+,17-,19-/m0/s1. The van der Waals surface area contributed by atoms with Crippen LogP contribution < -0.4 is 5.32 Å². The number of aryl methyl sites for hydroxylation is 1. The normalized spacial score (nSPS) is 22.9. The van der Waals surface area contributed by atoms with Crippen LogP contribution in [0.4, 0.5) is 0 Å². The van der Waals surface area contributed by atoms with Crippen LogP contribution in [0.5, 0.6) is 0 Å². The number of carbonyl (C=O) groups is 3. The topological polar surface area (TPSA) is 103 Å². The fourth-order valence-electron chi connectivity index (χ4n) is 4.71. The van der Waals surface area contributed by atoms with Crippen LogP contribution in [-0.4, -0.2) is 44.9 Å². The number of amides is 2. The highest BCUT2D eigenvalue weighted by Crippen LogP contribution is 2.43. The number of rotatable bonds is 5. The summed E-state index contributed by atoms with van der Waals surface area (Å²) in [5.74, 6) is -1.68. The highest BCUT2D eigenvalue weighted by Gasteiger charge is 2.46. The third kappa shape index (κ3) is 3.18. The van der Waals surface area contributed by atoms with Crippen molar-refractivity contribution in [1.82, 2.24) is 15.2 Å². The second kappa shape index (κ2) is 7.21.